The molecule has 2 nitrogen and oxygen atoms in total. The van der Waals surface area contributed by atoms with E-state index in [1.54, 1.807) is 19.1 Å². The number of nitrogens with one attached hydrogen (secondary N) is 1. The summed E-state index contributed by atoms with van der Waals surface area (Å²) in [6.45, 7) is 5.73. The molecule has 3 N–H and O–H groups in total. The molecule has 0 heterocycles. The Balaban J connectivity index is 2.19. The minimum absolute atomic E-state index is 0.00942. The van der Waals surface area contributed by atoms with Gasteiger partial charge in [-0.2, -0.15) is 0 Å². The lowest BCUT2D eigenvalue weighted by molar-refractivity contribution is 0.614. The van der Waals surface area contributed by atoms with Crippen LogP contribution in [0.4, 0.5) is 10.1 Å². The van der Waals surface area contributed by atoms with Crippen LogP contribution in [0.2, 0.25) is 0 Å². The molecule has 0 aliphatic rings. The van der Waals surface area contributed by atoms with Gasteiger partial charge >= 0.3 is 0 Å². The number of anilines is 1. The number of aryl methyl sites for hydroxylation is 2. The van der Waals surface area contributed by atoms with Crippen molar-refractivity contribution in [2.24, 2.45) is 5.73 Å². The molecule has 0 fully saturated rings. The fourth-order valence-corrected chi connectivity index (χ4v) is 2.47. The highest BCUT2D eigenvalue weighted by Gasteiger charge is 2.09. The van der Waals surface area contributed by atoms with Crippen molar-refractivity contribution in [3.8, 4) is 0 Å². The van der Waals surface area contributed by atoms with Crippen LogP contribution in [0.5, 0.6) is 0 Å². The van der Waals surface area contributed by atoms with E-state index in [0.717, 1.165) is 22.4 Å². The lowest BCUT2D eigenvalue weighted by Gasteiger charge is -2.17. The molecule has 0 radical (unpaired) electrons. The van der Waals surface area contributed by atoms with Gasteiger partial charge in [-0.05, 0) is 61.7 Å². The van der Waals surface area contributed by atoms with Gasteiger partial charge in [0, 0.05) is 17.3 Å². The minimum Gasteiger partial charge on any atom is -0.389 e. The number of benzene rings is 2. The highest BCUT2D eigenvalue weighted by Crippen LogP contribution is 2.23. The van der Waals surface area contributed by atoms with E-state index in [0.29, 0.717) is 10.6 Å². The second kappa shape index (κ2) is 6.22. The van der Waals surface area contributed by atoms with Crippen LogP contribution in [0.1, 0.15) is 35.2 Å². The van der Waals surface area contributed by atoms with Gasteiger partial charge in [0.1, 0.15) is 10.8 Å². The summed E-state index contributed by atoms with van der Waals surface area (Å²) in [6, 6.07) is 11.1. The molecular formula is C17H19FN2S. The van der Waals surface area contributed by atoms with E-state index in [-0.39, 0.29) is 11.9 Å². The molecule has 0 bridgehead atoms. The Bertz CT molecular complexity index is 682. The SMILES string of the molecule is Cc1ccc(C(C)Nc2ccc(C(N)=S)c(C)c2)cc1F. The summed E-state index contributed by atoms with van der Waals surface area (Å²) in [4.78, 5) is 0.396. The summed E-state index contributed by atoms with van der Waals surface area (Å²) in [6.07, 6.45) is 0. The van der Waals surface area contributed by atoms with Gasteiger partial charge in [-0.3, -0.25) is 0 Å². The van der Waals surface area contributed by atoms with Crippen LogP contribution >= 0.6 is 12.2 Å². The Morgan fingerprint density at radius 2 is 1.86 bits per heavy atom. The zero-order valence-corrected chi connectivity index (χ0v) is 13.2. The Labute approximate surface area is 130 Å². The summed E-state index contributed by atoms with van der Waals surface area (Å²) >= 11 is 5.00. The van der Waals surface area contributed by atoms with Crippen LogP contribution < -0.4 is 11.1 Å². The molecule has 1 atom stereocenters. The standard InChI is InChI=1S/C17H19FN2S/c1-10-4-5-13(9-16(10)18)12(3)20-14-6-7-15(17(19)21)11(2)8-14/h4-9,12,20H,1-3H3,(H2,19,21). The van der Waals surface area contributed by atoms with Crippen molar-refractivity contribution in [2.45, 2.75) is 26.8 Å². The van der Waals surface area contributed by atoms with E-state index in [1.807, 2.05) is 38.1 Å². The first-order valence-corrected chi connectivity index (χ1v) is 7.22. The molecule has 21 heavy (non-hydrogen) atoms. The maximum absolute atomic E-state index is 13.6. The Kier molecular flexibility index (Phi) is 4.58. The van der Waals surface area contributed by atoms with E-state index >= 15 is 0 Å². The molecular weight excluding hydrogens is 283 g/mol. The van der Waals surface area contributed by atoms with Gasteiger partial charge in [0.25, 0.3) is 0 Å². The fraction of sp³-hybridized carbons (Fsp3) is 0.235. The molecule has 0 saturated carbocycles. The van der Waals surface area contributed by atoms with Gasteiger partial charge in [-0.15, -0.1) is 0 Å². The first-order valence-electron chi connectivity index (χ1n) is 6.81. The molecule has 1 unspecified atom stereocenters. The first-order chi connectivity index (χ1) is 9.88. The third-order valence-corrected chi connectivity index (χ3v) is 3.79. The average Bonchev–Trinajstić information content (AvgIpc) is 2.41. The van der Waals surface area contributed by atoms with Crippen LogP contribution in [0, 0.1) is 19.7 Å². The molecule has 0 aliphatic heterocycles. The first kappa shape index (κ1) is 15.4. The number of halogens is 1. The summed E-state index contributed by atoms with van der Waals surface area (Å²) in [5.74, 6) is -0.179. The number of thiocarbonyl (C=S) groups is 1. The lowest BCUT2D eigenvalue weighted by atomic mass is 10.0. The molecule has 2 rings (SSSR count). The summed E-state index contributed by atoms with van der Waals surface area (Å²) < 4.78 is 13.6. The molecule has 0 aromatic heterocycles. The van der Waals surface area contributed by atoms with Crippen molar-refractivity contribution >= 4 is 22.9 Å². The predicted octanol–water partition coefficient (Wildman–Crippen LogP) is 4.25. The van der Waals surface area contributed by atoms with E-state index in [4.69, 9.17) is 18.0 Å². The molecule has 0 saturated heterocycles. The Morgan fingerprint density at radius 3 is 2.43 bits per heavy atom. The third kappa shape index (κ3) is 3.58. The maximum atomic E-state index is 13.6. The highest BCUT2D eigenvalue weighted by molar-refractivity contribution is 7.80. The van der Waals surface area contributed by atoms with E-state index < -0.39 is 0 Å². The van der Waals surface area contributed by atoms with Crippen molar-refractivity contribution in [3.05, 3.63) is 64.5 Å². The molecule has 0 amide bonds. The summed E-state index contributed by atoms with van der Waals surface area (Å²) in [7, 11) is 0. The van der Waals surface area contributed by atoms with E-state index in [9.17, 15) is 4.39 Å². The Morgan fingerprint density at radius 1 is 1.14 bits per heavy atom. The predicted molar refractivity (Wildman–Crippen MR) is 90.2 cm³/mol. The van der Waals surface area contributed by atoms with Crippen LogP contribution in [0.15, 0.2) is 36.4 Å². The largest absolute Gasteiger partial charge is 0.389 e. The van der Waals surface area contributed by atoms with Gasteiger partial charge < -0.3 is 11.1 Å². The van der Waals surface area contributed by atoms with Crippen molar-refractivity contribution < 1.29 is 4.39 Å². The normalized spacial score (nSPS) is 12.0. The molecule has 110 valence electrons. The van der Waals surface area contributed by atoms with Gasteiger partial charge in [0.15, 0.2) is 0 Å². The van der Waals surface area contributed by atoms with E-state index in [1.165, 1.54) is 0 Å². The summed E-state index contributed by atoms with van der Waals surface area (Å²) in [5, 5.41) is 3.36. The number of hydrogen-bond acceptors (Lipinski definition) is 2. The second-order valence-corrected chi connectivity index (χ2v) is 5.71. The van der Waals surface area contributed by atoms with Crippen molar-refractivity contribution in [2.75, 3.05) is 5.32 Å². The monoisotopic (exact) mass is 302 g/mol. The molecule has 2 aromatic rings. The van der Waals surface area contributed by atoms with Crippen molar-refractivity contribution in [1.29, 1.82) is 0 Å². The number of hydrogen-bond donors (Lipinski definition) is 2. The molecule has 4 heteroatoms. The second-order valence-electron chi connectivity index (χ2n) is 5.27. The van der Waals surface area contributed by atoms with Crippen LogP contribution in [-0.4, -0.2) is 4.99 Å². The lowest BCUT2D eigenvalue weighted by Crippen LogP contribution is -2.12. The van der Waals surface area contributed by atoms with Gasteiger partial charge in [0.05, 0.1) is 0 Å². The number of rotatable bonds is 4. The van der Waals surface area contributed by atoms with Gasteiger partial charge in [-0.1, -0.05) is 24.4 Å². The van der Waals surface area contributed by atoms with E-state index in [2.05, 4.69) is 5.32 Å². The smallest absolute Gasteiger partial charge is 0.126 e. The quantitative estimate of drug-likeness (QED) is 0.829. The van der Waals surface area contributed by atoms with Crippen LogP contribution in [0.3, 0.4) is 0 Å². The van der Waals surface area contributed by atoms with Crippen LogP contribution in [0.25, 0.3) is 0 Å². The molecule has 0 spiro atoms. The third-order valence-electron chi connectivity index (χ3n) is 3.57. The number of nitrogens with two attached hydrogens (primary N) is 1. The fourth-order valence-electron chi connectivity index (χ4n) is 2.24. The minimum atomic E-state index is -0.179. The maximum Gasteiger partial charge on any atom is 0.126 e. The zero-order valence-electron chi connectivity index (χ0n) is 12.4. The summed E-state index contributed by atoms with van der Waals surface area (Å²) in [5.41, 5.74) is 10.1. The topological polar surface area (TPSA) is 38.0 Å². The zero-order chi connectivity index (χ0) is 15.6. The van der Waals surface area contributed by atoms with Gasteiger partial charge in [0.2, 0.25) is 0 Å². The van der Waals surface area contributed by atoms with Crippen molar-refractivity contribution in [1.82, 2.24) is 0 Å². The highest BCUT2D eigenvalue weighted by atomic mass is 32.1. The van der Waals surface area contributed by atoms with Crippen LogP contribution in [-0.2, 0) is 0 Å². The van der Waals surface area contributed by atoms with Gasteiger partial charge in [-0.25, -0.2) is 4.39 Å². The average molecular weight is 302 g/mol. The molecule has 2 aromatic carbocycles. The Hall–Kier alpha value is -1.94. The molecule has 0 aliphatic carbocycles. The van der Waals surface area contributed by atoms with Crippen molar-refractivity contribution in [3.63, 3.8) is 0 Å².